The van der Waals surface area contributed by atoms with Crippen LogP contribution in [0.15, 0.2) is 17.8 Å². The highest BCUT2D eigenvalue weighted by atomic mass is 32.1. The van der Waals surface area contributed by atoms with Crippen LogP contribution in [0.4, 0.5) is 0 Å². The molecule has 2 bridgehead atoms. The zero-order valence-corrected chi connectivity index (χ0v) is 11.5. The first-order chi connectivity index (χ1) is 9.29. The van der Waals surface area contributed by atoms with Crippen LogP contribution in [0.5, 0.6) is 0 Å². The third-order valence-corrected chi connectivity index (χ3v) is 4.92. The topological polar surface area (TPSA) is 40.9 Å². The van der Waals surface area contributed by atoms with Crippen LogP contribution in [0.2, 0.25) is 0 Å². The molecule has 1 unspecified atom stereocenters. The summed E-state index contributed by atoms with van der Waals surface area (Å²) in [6, 6.07) is 0.0854. The molecule has 2 aromatic heterocycles. The van der Waals surface area contributed by atoms with Crippen LogP contribution in [0.1, 0.15) is 5.69 Å². The second kappa shape index (κ2) is 4.40. The predicted molar refractivity (Wildman–Crippen MR) is 73.6 cm³/mol. The highest BCUT2D eigenvalue weighted by Crippen LogP contribution is 2.18. The van der Waals surface area contributed by atoms with Gasteiger partial charge in [0.2, 0.25) is 0 Å². The summed E-state index contributed by atoms with van der Waals surface area (Å²) in [5.74, 6) is 0.315. The Hall–Kier alpha value is -1.24. The number of carbonyl (C=O) groups is 1. The molecule has 2 aromatic rings. The molecule has 5 heterocycles. The Morgan fingerprint density at radius 3 is 2.89 bits per heavy atom. The van der Waals surface area contributed by atoms with E-state index >= 15 is 0 Å². The van der Waals surface area contributed by atoms with Crippen molar-refractivity contribution in [1.29, 1.82) is 0 Å². The average Bonchev–Trinajstić information content (AvgIpc) is 3.01. The van der Waals surface area contributed by atoms with Gasteiger partial charge in [0.1, 0.15) is 0 Å². The van der Waals surface area contributed by atoms with Crippen molar-refractivity contribution in [3.63, 3.8) is 0 Å². The van der Waals surface area contributed by atoms with E-state index in [1.54, 1.807) is 11.3 Å². The monoisotopic (exact) mass is 276 g/mol. The average molecular weight is 276 g/mol. The number of carbonyl (C=O) groups excluding carboxylic acids is 1. The molecule has 3 saturated heterocycles. The normalized spacial score (nSPS) is 30.0. The summed E-state index contributed by atoms with van der Waals surface area (Å²) in [4.78, 5) is 22.6. The summed E-state index contributed by atoms with van der Waals surface area (Å²) >= 11 is 1.60. The number of hydrogen-bond acceptors (Lipinski definition) is 5. The third kappa shape index (κ3) is 2.00. The Morgan fingerprint density at radius 2 is 2.21 bits per heavy atom. The van der Waals surface area contributed by atoms with Crippen LogP contribution in [0.3, 0.4) is 0 Å². The Kier molecular flexibility index (Phi) is 2.68. The van der Waals surface area contributed by atoms with Gasteiger partial charge in [-0.25, -0.2) is 4.98 Å². The first kappa shape index (κ1) is 11.6. The molecule has 5 rings (SSSR count). The number of ketones is 1. The number of thiazole rings is 1. The lowest BCUT2D eigenvalue weighted by molar-refractivity contribution is -0.128. The molecule has 5 nitrogen and oxygen atoms in total. The van der Waals surface area contributed by atoms with Crippen LogP contribution < -0.4 is 0 Å². The van der Waals surface area contributed by atoms with E-state index in [-0.39, 0.29) is 6.04 Å². The van der Waals surface area contributed by atoms with Gasteiger partial charge in [0, 0.05) is 50.5 Å². The van der Waals surface area contributed by atoms with Crippen molar-refractivity contribution in [3.8, 4) is 0 Å². The molecule has 0 saturated carbocycles. The molecule has 0 aromatic carbocycles. The first-order valence-electron chi connectivity index (χ1n) is 6.70. The third-order valence-electron chi connectivity index (χ3n) is 4.15. The number of aromatic nitrogens is 2. The van der Waals surface area contributed by atoms with Gasteiger partial charge in [0.05, 0.1) is 18.2 Å². The second-order valence-corrected chi connectivity index (χ2v) is 6.19. The maximum absolute atomic E-state index is 12.4. The molecule has 0 aliphatic carbocycles. The largest absolute Gasteiger partial charge is 0.299 e. The maximum atomic E-state index is 12.4. The van der Waals surface area contributed by atoms with E-state index in [1.165, 1.54) is 0 Å². The lowest BCUT2D eigenvalue weighted by Crippen LogP contribution is -2.63. The molecular formula is C13H16N4OS. The van der Waals surface area contributed by atoms with Gasteiger partial charge >= 0.3 is 0 Å². The minimum atomic E-state index is 0.0854. The number of rotatable bonds is 3. The number of nitrogens with zero attached hydrogens (tertiary/aromatic N) is 4. The molecular weight excluding hydrogens is 260 g/mol. The van der Waals surface area contributed by atoms with Gasteiger partial charge in [-0.3, -0.25) is 19.0 Å². The molecule has 0 amide bonds. The van der Waals surface area contributed by atoms with Crippen molar-refractivity contribution >= 4 is 22.1 Å². The zero-order chi connectivity index (χ0) is 12.8. The fourth-order valence-electron chi connectivity index (χ4n) is 3.08. The van der Waals surface area contributed by atoms with Crippen molar-refractivity contribution in [2.75, 3.05) is 32.7 Å². The Balaban J connectivity index is 1.50. The minimum absolute atomic E-state index is 0.0854. The number of hydrogen-bond donors (Lipinski definition) is 0. The first-order valence-corrected chi connectivity index (χ1v) is 7.58. The highest BCUT2D eigenvalue weighted by Gasteiger charge is 2.36. The van der Waals surface area contributed by atoms with E-state index < -0.39 is 0 Å². The van der Waals surface area contributed by atoms with Crippen molar-refractivity contribution in [1.82, 2.24) is 19.2 Å². The fourth-order valence-corrected chi connectivity index (χ4v) is 3.80. The lowest BCUT2D eigenvalue weighted by Gasteiger charge is -2.46. The SMILES string of the molecule is O=C(Cc1cn2ccsc2n1)C1CN2CCN1CC2. The van der Waals surface area contributed by atoms with Crippen LogP contribution in [-0.4, -0.2) is 63.7 Å². The van der Waals surface area contributed by atoms with Gasteiger partial charge in [-0.2, -0.15) is 0 Å². The standard InChI is InChI=1S/C13H16N4OS/c18-12(11-9-15-1-3-16(11)4-2-15)7-10-8-17-5-6-19-13(17)14-10/h5-6,8,11H,1-4,7,9H2. The van der Waals surface area contributed by atoms with Gasteiger partial charge in [-0.1, -0.05) is 0 Å². The highest BCUT2D eigenvalue weighted by molar-refractivity contribution is 7.15. The maximum Gasteiger partial charge on any atom is 0.193 e. The van der Waals surface area contributed by atoms with Gasteiger partial charge in [0.25, 0.3) is 0 Å². The van der Waals surface area contributed by atoms with Crippen molar-refractivity contribution in [2.45, 2.75) is 12.5 Å². The molecule has 0 N–H and O–H groups in total. The quantitative estimate of drug-likeness (QED) is 0.819. The Labute approximate surface area is 115 Å². The summed E-state index contributed by atoms with van der Waals surface area (Å²) in [5.41, 5.74) is 0.898. The minimum Gasteiger partial charge on any atom is -0.299 e. The van der Waals surface area contributed by atoms with Crippen LogP contribution in [0.25, 0.3) is 4.96 Å². The summed E-state index contributed by atoms with van der Waals surface area (Å²) in [6.45, 7) is 5.21. The molecule has 3 aliphatic rings. The number of fused-ring (bicyclic) bond motifs is 4. The van der Waals surface area contributed by atoms with Crippen LogP contribution >= 0.6 is 11.3 Å². The van der Waals surface area contributed by atoms with E-state index in [0.29, 0.717) is 12.2 Å². The van der Waals surface area contributed by atoms with E-state index in [9.17, 15) is 4.79 Å². The van der Waals surface area contributed by atoms with Crippen LogP contribution in [0, 0.1) is 0 Å². The lowest BCUT2D eigenvalue weighted by atomic mass is 10.0. The van der Waals surface area contributed by atoms with E-state index in [2.05, 4.69) is 14.8 Å². The molecule has 3 aliphatic heterocycles. The second-order valence-electron chi connectivity index (χ2n) is 5.32. The number of imidazole rings is 1. The number of Topliss-reactive ketones (excluding diaryl/α,β-unsaturated/α-hetero) is 1. The van der Waals surface area contributed by atoms with Crippen molar-refractivity contribution in [3.05, 3.63) is 23.5 Å². The van der Waals surface area contributed by atoms with Gasteiger partial charge < -0.3 is 0 Å². The van der Waals surface area contributed by atoms with E-state index in [4.69, 9.17) is 0 Å². The number of piperazine rings is 3. The van der Waals surface area contributed by atoms with E-state index in [0.717, 1.165) is 43.4 Å². The Bertz CT molecular complexity index is 582. The molecule has 1 atom stereocenters. The molecule has 19 heavy (non-hydrogen) atoms. The van der Waals surface area contributed by atoms with Crippen molar-refractivity contribution in [2.24, 2.45) is 0 Å². The van der Waals surface area contributed by atoms with Gasteiger partial charge in [-0.15, -0.1) is 11.3 Å². The van der Waals surface area contributed by atoms with Crippen molar-refractivity contribution < 1.29 is 4.79 Å². The predicted octanol–water partition coefficient (Wildman–Crippen LogP) is 0.507. The van der Waals surface area contributed by atoms with Gasteiger partial charge in [0.15, 0.2) is 10.7 Å². The van der Waals surface area contributed by atoms with Gasteiger partial charge in [-0.05, 0) is 0 Å². The summed E-state index contributed by atoms with van der Waals surface area (Å²) < 4.78 is 1.99. The molecule has 6 heteroatoms. The molecule has 3 fully saturated rings. The van der Waals surface area contributed by atoms with E-state index in [1.807, 2.05) is 22.2 Å². The summed E-state index contributed by atoms with van der Waals surface area (Å²) in [7, 11) is 0. The molecule has 100 valence electrons. The fraction of sp³-hybridized carbons (Fsp3) is 0.538. The van der Waals surface area contributed by atoms with Crippen LogP contribution in [-0.2, 0) is 11.2 Å². The zero-order valence-electron chi connectivity index (χ0n) is 10.7. The molecule has 0 spiro atoms. The summed E-state index contributed by atoms with van der Waals surface area (Å²) in [6.07, 6.45) is 4.42. The summed E-state index contributed by atoms with van der Waals surface area (Å²) in [5, 5.41) is 2.01. The Morgan fingerprint density at radius 1 is 1.37 bits per heavy atom. The molecule has 0 radical (unpaired) electrons. The smallest absolute Gasteiger partial charge is 0.193 e.